The Labute approximate surface area is 129 Å². The summed E-state index contributed by atoms with van der Waals surface area (Å²) in [4.78, 5) is 30.0. The van der Waals surface area contributed by atoms with Gasteiger partial charge < -0.3 is 9.47 Å². The molecule has 0 fully saturated rings. The van der Waals surface area contributed by atoms with Gasteiger partial charge >= 0.3 is 5.97 Å². The monoisotopic (exact) mass is 301 g/mol. The van der Waals surface area contributed by atoms with Crippen molar-refractivity contribution in [3.05, 3.63) is 35.0 Å². The first kappa shape index (κ1) is 14.8. The molecule has 3 rings (SSSR count). The Bertz CT molecular complexity index is 679. The van der Waals surface area contributed by atoms with E-state index in [-0.39, 0.29) is 11.7 Å². The molecule has 2 atom stereocenters. The van der Waals surface area contributed by atoms with Crippen LogP contribution < -0.4 is 4.74 Å². The van der Waals surface area contributed by atoms with E-state index in [0.717, 1.165) is 17.7 Å². The normalized spacial score (nSPS) is 26.0. The van der Waals surface area contributed by atoms with E-state index in [4.69, 9.17) is 9.47 Å². The van der Waals surface area contributed by atoms with Crippen LogP contribution in [0, 0.1) is 5.92 Å². The van der Waals surface area contributed by atoms with Crippen LogP contribution >= 0.6 is 0 Å². The lowest BCUT2D eigenvalue weighted by atomic mass is 9.59. The van der Waals surface area contributed by atoms with Crippen LogP contribution in [0.15, 0.2) is 23.8 Å². The number of methoxy groups -OCH3 is 2. The third kappa shape index (κ3) is 1.81. The minimum atomic E-state index is -1.25. The number of ether oxygens (including phenoxy) is 2. The van der Waals surface area contributed by atoms with Gasteiger partial charge in [-0.15, -0.1) is 0 Å². The summed E-state index contributed by atoms with van der Waals surface area (Å²) in [5, 5.41) is 0. The fraction of sp³-hybridized carbons (Fsp3) is 0.471. The average Bonchev–Trinajstić information content (AvgIpc) is 2.54. The molecule has 0 spiro atoms. The van der Waals surface area contributed by atoms with Gasteiger partial charge in [0.1, 0.15) is 0 Å². The molecule has 116 valence electrons. The summed E-state index contributed by atoms with van der Waals surface area (Å²) in [6.07, 6.45) is 3.69. The van der Waals surface area contributed by atoms with Gasteiger partial charge in [0.05, 0.1) is 19.9 Å². The number of hydrogen-bond acceptors (Lipinski definition) is 5. The van der Waals surface area contributed by atoms with Crippen molar-refractivity contribution in [1.29, 1.82) is 0 Å². The average molecular weight is 301 g/mol. The molecule has 2 aliphatic carbocycles. The van der Waals surface area contributed by atoms with Crippen LogP contribution in [0.4, 0.5) is 0 Å². The maximum absolute atomic E-state index is 13.0. The van der Waals surface area contributed by atoms with Crippen LogP contribution in [0.25, 0.3) is 0 Å². The Morgan fingerprint density at radius 2 is 2.18 bits per heavy atom. The van der Waals surface area contributed by atoms with Gasteiger partial charge in [0, 0.05) is 18.4 Å². The summed E-state index contributed by atoms with van der Waals surface area (Å²) in [5.74, 6) is -0.349. The molecule has 0 N–H and O–H groups in total. The zero-order valence-electron chi connectivity index (χ0n) is 13.0. The zero-order valence-corrected chi connectivity index (χ0v) is 13.0. The summed E-state index contributed by atoms with van der Waals surface area (Å²) in [5.41, 5.74) is 1.26. The number of esters is 1. The summed E-state index contributed by atoms with van der Waals surface area (Å²) < 4.78 is 10.1. The lowest BCUT2D eigenvalue weighted by molar-refractivity contribution is -0.154. The zero-order chi connectivity index (χ0) is 15.9. The van der Waals surface area contributed by atoms with Crippen molar-refractivity contribution < 1.29 is 19.1 Å². The van der Waals surface area contributed by atoms with E-state index in [1.807, 2.05) is 13.0 Å². The van der Waals surface area contributed by atoms with E-state index in [2.05, 4.69) is 4.98 Å². The van der Waals surface area contributed by atoms with Gasteiger partial charge in [0.15, 0.2) is 11.2 Å². The molecule has 5 nitrogen and oxygen atoms in total. The fourth-order valence-electron chi connectivity index (χ4n) is 3.65. The molecule has 2 aliphatic rings. The molecule has 2 unspecified atom stereocenters. The van der Waals surface area contributed by atoms with Gasteiger partial charge in [-0.1, -0.05) is 24.6 Å². The molecule has 1 aromatic heterocycles. The topological polar surface area (TPSA) is 65.5 Å². The first-order chi connectivity index (χ1) is 10.6. The van der Waals surface area contributed by atoms with E-state index in [0.29, 0.717) is 24.3 Å². The largest absolute Gasteiger partial charge is 0.481 e. The molecule has 0 saturated heterocycles. The van der Waals surface area contributed by atoms with Gasteiger partial charge in [0.25, 0.3) is 0 Å². The van der Waals surface area contributed by atoms with Crippen molar-refractivity contribution in [2.24, 2.45) is 5.92 Å². The van der Waals surface area contributed by atoms with E-state index < -0.39 is 11.4 Å². The molecule has 1 aromatic rings. The number of ketones is 1. The predicted molar refractivity (Wildman–Crippen MR) is 79.7 cm³/mol. The molecular formula is C17H19NO4. The molecule has 5 heteroatoms. The van der Waals surface area contributed by atoms with E-state index in [1.54, 1.807) is 19.2 Å². The van der Waals surface area contributed by atoms with Gasteiger partial charge in [-0.05, 0) is 18.4 Å². The van der Waals surface area contributed by atoms with Crippen LogP contribution in [-0.2, 0) is 26.2 Å². The van der Waals surface area contributed by atoms with Crippen LogP contribution in [-0.4, -0.2) is 31.0 Å². The minimum Gasteiger partial charge on any atom is -0.481 e. The van der Waals surface area contributed by atoms with Crippen molar-refractivity contribution in [3.8, 4) is 5.88 Å². The predicted octanol–water partition coefficient (Wildman–Crippen LogP) is 1.98. The Hall–Kier alpha value is -2.17. The van der Waals surface area contributed by atoms with Crippen molar-refractivity contribution in [1.82, 2.24) is 4.98 Å². The number of rotatable bonds is 3. The minimum absolute atomic E-state index is 0.0573. The number of allylic oxidation sites excluding steroid dienone is 2. The van der Waals surface area contributed by atoms with Crippen LogP contribution in [0.2, 0.25) is 0 Å². The quantitative estimate of drug-likeness (QED) is 0.485. The number of pyridine rings is 1. The standard InChI is InChI=1S/C17H19NO4/c1-4-10-7-8-17(16(20)22-3)12-5-6-14(21-2)18-13(12)9-11(10)15(17)19/h5-7,11H,4,8-9H2,1-3H3. The number of fused-ring (bicyclic) bond motifs is 4. The van der Waals surface area contributed by atoms with Crippen molar-refractivity contribution in [2.45, 2.75) is 31.6 Å². The first-order valence-electron chi connectivity index (χ1n) is 7.44. The Morgan fingerprint density at radius 1 is 1.41 bits per heavy atom. The Kier molecular flexibility index (Phi) is 3.51. The van der Waals surface area contributed by atoms with Crippen LogP contribution in [0.3, 0.4) is 0 Å². The van der Waals surface area contributed by atoms with Crippen molar-refractivity contribution in [2.75, 3.05) is 14.2 Å². The van der Waals surface area contributed by atoms with Crippen LogP contribution in [0.1, 0.15) is 31.0 Å². The molecule has 0 aliphatic heterocycles. The second kappa shape index (κ2) is 5.23. The van der Waals surface area contributed by atoms with Crippen molar-refractivity contribution >= 4 is 11.8 Å². The lowest BCUT2D eigenvalue weighted by Gasteiger charge is -2.41. The Morgan fingerprint density at radius 3 is 2.82 bits per heavy atom. The molecule has 0 saturated carbocycles. The van der Waals surface area contributed by atoms with E-state index in [9.17, 15) is 9.59 Å². The third-order valence-corrected chi connectivity index (χ3v) is 4.81. The van der Waals surface area contributed by atoms with E-state index in [1.165, 1.54) is 7.11 Å². The molecule has 1 heterocycles. The van der Waals surface area contributed by atoms with E-state index >= 15 is 0 Å². The summed E-state index contributed by atoms with van der Waals surface area (Å²) in [6, 6.07) is 3.47. The number of carbonyl (C=O) groups is 2. The van der Waals surface area contributed by atoms with Gasteiger partial charge in [0.2, 0.25) is 5.88 Å². The molecule has 0 radical (unpaired) electrons. The number of aromatic nitrogens is 1. The molecular weight excluding hydrogens is 282 g/mol. The SMILES string of the molecule is CCC1=CCC2(C(=O)OC)C(=O)C1Cc1nc(OC)ccc12. The highest BCUT2D eigenvalue weighted by Crippen LogP contribution is 2.47. The maximum atomic E-state index is 13.0. The summed E-state index contributed by atoms with van der Waals surface area (Å²) in [6.45, 7) is 2.03. The highest BCUT2D eigenvalue weighted by molar-refractivity contribution is 6.13. The molecule has 22 heavy (non-hydrogen) atoms. The molecule has 2 bridgehead atoms. The number of hydrogen-bond donors (Lipinski definition) is 0. The van der Waals surface area contributed by atoms with Crippen molar-refractivity contribution in [3.63, 3.8) is 0 Å². The van der Waals surface area contributed by atoms with Gasteiger partial charge in [-0.3, -0.25) is 9.59 Å². The smallest absolute Gasteiger partial charge is 0.324 e. The number of nitrogens with zero attached hydrogens (tertiary/aromatic N) is 1. The van der Waals surface area contributed by atoms with Gasteiger partial charge in [-0.25, -0.2) is 4.98 Å². The molecule has 0 amide bonds. The molecule has 0 aromatic carbocycles. The highest BCUT2D eigenvalue weighted by atomic mass is 16.5. The maximum Gasteiger partial charge on any atom is 0.324 e. The first-order valence-corrected chi connectivity index (χ1v) is 7.44. The summed E-state index contributed by atoms with van der Waals surface area (Å²) >= 11 is 0. The second-order valence-electron chi connectivity index (χ2n) is 5.70. The third-order valence-electron chi connectivity index (χ3n) is 4.81. The highest BCUT2D eigenvalue weighted by Gasteiger charge is 2.56. The Balaban J connectivity index is 2.23. The van der Waals surface area contributed by atoms with Gasteiger partial charge in [-0.2, -0.15) is 0 Å². The summed E-state index contributed by atoms with van der Waals surface area (Å²) in [7, 11) is 2.88. The lowest BCUT2D eigenvalue weighted by Crippen LogP contribution is -2.53. The second-order valence-corrected chi connectivity index (χ2v) is 5.70. The number of carbonyl (C=O) groups excluding carboxylic acids is 2. The number of Topliss-reactive ketones (excluding diaryl/α,β-unsaturated/α-hetero) is 1. The fourth-order valence-corrected chi connectivity index (χ4v) is 3.65. The van der Waals surface area contributed by atoms with Crippen LogP contribution in [0.5, 0.6) is 5.88 Å².